The third-order valence-electron chi connectivity index (χ3n) is 3.74. The first kappa shape index (κ1) is 18.5. The number of halogens is 3. The Morgan fingerprint density at radius 1 is 1.04 bits per heavy atom. The molecule has 0 radical (unpaired) electrons. The maximum atomic E-state index is 12.0. The molecule has 2 aromatic carbocycles. The van der Waals surface area contributed by atoms with Crippen LogP contribution in [0.25, 0.3) is 0 Å². The largest absolute Gasteiger partial charge is 0.380 e. The van der Waals surface area contributed by atoms with Crippen LogP contribution in [0.3, 0.4) is 0 Å². The monoisotopic (exact) mass is 409 g/mol. The Balaban J connectivity index is 1.71. The third kappa shape index (κ3) is 4.27. The van der Waals surface area contributed by atoms with Gasteiger partial charge in [0, 0.05) is 28.0 Å². The molecule has 0 spiro atoms. The third-order valence-corrected chi connectivity index (χ3v) is 4.66. The topological polar surface area (TPSA) is 96.7 Å². The first-order chi connectivity index (χ1) is 12.4. The zero-order valence-corrected chi connectivity index (χ0v) is 15.7. The zero-order chi connectivity index (χ0) is 18.7. The van der Waals surface area contributed by atoms with Crippen LogP contribution < -0.4 is 11.1 Å². The molecule has 0 aliphatic rings. The van der Waals surface area contributed by atoms with Gasteiger partial charge in [-0.2, -0.15) is 5.21 Å². The Kier molecular flexibility index (Phi) is 5.66. The summed E-state index contributed by atoms with van der Waals surface area (Å²) in [5, 5.41) is 14.0. The molecule has 3 rings (SSSR count). The summed E-state index contributed by atoms with van der Waals surface area (Å²) in [6, 6.07) is 11.0. The minimum atomic E-state index is -0.436. The second-order valence-electron chi connectivity index (χ2n) is 5.58. The van der Waals surface area contributed by atoms with E-state index >= 15 is 0 Å². The highest BCUT2D eigenvalue weighted by Gasteiger charge is 2.15. The van der Waals surface area contributed by atoms with Crippen molar-refractivity contribution in [2.24, 2.45) is 0 Å². The molecule has 1 heterocycles. The number of rotatable bonds is 5. The Bertz CT molecular complexity index is 917. The fraction of sp³-hybridized carbons (Fsp3) is 0.118. The molecule has 1 aromatic heterocycles. The molecule has 0 atom stereocenters. The summed E-state index contributed by atoms with van der Waals surface area (Å²) in [5.74, 6) is -0.398. The first-order valence-corrected chi connectivity index (χ1v) is 8.73. The van der Waals surface area contributed by atoms with Gasteiger partial charge in [-0.3, -0.25) is 4.79 Å². The fourth-order valence-electron chi connectivity index (χ4n) is 2.41. The lowest BCUT2D eigenvalue weighted by atomic mass is 10.0. The van der Waals surface area contributed by atoms with Gasteiger partial charge in [0.2, 0.25) is 0 Å². The van der Waals surface area contributed by atoms with Crippen molar-refractivity contribution in [3.05, 3.63) is 73.9 Å². The molecule has 3 aromatic rings. The number of carbonyl (C=O) groups excluding carboxylic acids is 1. The lowest BCUT2D eigenvalue weighted by Gasteiger charge is -2.11. The van der Waals surface area contributed by atoms with Crippen LogP contribution in [0.2, 0.25) is 15.1 Å². The lowest BCUT2D eigenvalue weighted by Crippen LogP contribution is -2.24. The van der Waals surface area contributed by atoms with E-state index in [9.17, 15) is 4.79 Å². The van der Waals surface area contributed by atoms with Crippen LogP contribution in [0.5, 0.6) is 0 Å². The van der Waals surface area contributed by atoms with Crippen molar-refractivity contribution in [2.75, 3.05) is 5.73 Å². The maximum absolute atomic E-state index is 12.0. The van der Waals surface area contributed by atoms with Crippen LogP contribution in [-0.2, 0) is 13.0 Å². The van der Waals surface area contributed by atoms with Crippen LogP contribution in [0, 0.1) is 0 Å². The summed E-state index contributed by atoms with van der Waals surface area (Å²) in [6.45, 7) is 0.228. The minimum Gasteiger partial charge on any atom is -0.380 e. The highest BCUT2D eigenvalue weighted by Crippen LogP contribution is 2.29. The predicted octanol–water partition coefficient (Wildman–Crippen LogP) is 3.87. The standard InChI is InChI=1S/C17H14Cl3N5O/c18-11-3-1-9(2-4-11)5-12-13(19)6-10(7-14(12)20)8-22-17(26)15-16(21)24-25-23-15/h1-4,6-7H,5,8H2,(H,22,26)(H3,21,23,24,25). The molecular formula is C17H14Cl3N5O. The highest BCUT2D eigenvalue weighted by atomic mass is 35.5. The Labute approximate surface area is 164 Å². The molecule has 0 unspecified atom stereocenters. The van der Waals surface area contributed by atoms with Gasteiger partial charge >= 0.3 is 0 Å². The van der Waals surface area contributed by atoms with Gasteiger partial charge in [-0.25, -0.2) is 0 Å². The number of aromatic nitrogens is 3. The van der Waals surface area contributed by atoms with E-state index in [0.29, 0.717) is 21.5 Å². The number of amides is 1. The predicted molar refractivity (Wildman–Crippen MR) is 103 cm³/mol. The Hall–Kier alpha value is -2.28. The summed E-state index contributed by atoms with van der Waals surface area (Å²) in [6.07, 6.45) is 0.580. The van der Waals surface area contributed by atoms with Crippen molar-refractivity contribution >= 4 is 46.5 Å². The van der Waals surface area contributed by atoms with Crippen LogP contribution in [-0.4, -0.2) is 21.3 Å². The smallest absolute Gasteiger partial charge is 0.275 e. The number of hydrogen-bond donors (Lipinski definition) is 3. The molecule has 0 aliphatic carbocycles. The number of H-pyrrole nitrogens is 1. The van der Waals surface area contributed by atoms with E-state index in [1.807, 2.05) is 24.3 Å². The van der Waals surface area contributed by atoms with Gasteiger partial charge in [-0.15, -0.1) is 10.2 Å². The maximum Gasteiger partial charge on any atom is 0.275 e. The lowest BCUT2D eigenvalue weighted by molar-refractivity contribution is 0.0947. The van der Waals surface area contributed by atoms with Crippen molar-refractivity contribution < 1.29 is 4.79 Å². The summed E-state index contributed by atoms with van der Waals surface area (Å²) >= 11 is 18.7. The SMILES string of the molecule is Nc1n[nH]nc1C(=O)NCc1cc(Cl)c(Cc2ccc(Cl)cc2)c(Cl)c1. The summed E-state index contributed by atoms with van der Waals surface area (Å²) in [7, 11) is 0. The molecule has 9 heteroatoms. The van der Waals surface area contributed by atoms with Gasteiger partial charge in [-0.1, -0.05) is 46.9 Å². The number of nitrogens with two attached hydrogens (primary N) is 1. The second-order valence-corrected chi connectivity index (χ2v) is 6.83. The molecule has 0 fully saturated rings. The Morgan fingerprint density at radius 2 is 1.69 bits per heavy atom. The van der Waals surface area contributed by atoms with Crippen molar-refractivity contribution in [1.82, 2.24) is 20.7 Å². The second kappa shape index (κ2) is 7.95. The van der Waals surface area contributed by atoms with E-state index in [4.69, 9.17) is 40.5 Å². The number of aromatic amines is 1. The van der Waals surface area contributed by atoms with Gasteiger partial charge in [0.1, 0.15) is 0 Å². The van der Waals surface area contributed by atoms with Crippen LogP contribution in [0.15, 0.2) is 36.4 Å². The summed E-state index contributed by atoms with van der Waals surface area (Å²) in [4.78, 5) is 12.0. The molecular weight excluding hydrogens is 397 g/mol. The average molecular weight is 411 g/mol. The highest BCUT2D eigenvalue weighted by molar-refractivity contribution is 6.36. The number of anilines is 1. The molecule has 0 saturated carbocycles. The summed E-state index contributed by atoms with van der Waals surface area (Å²) < 4.78 is 0. The van der Waals surface area contributed by atoms with Crippen molar-refractivity contribution in [3.8, 4) is 0 Å². The van der Waals surface area contributed by atoms with Gasteiger partial charge in [-0.05, 0) is 41.0 Å². The van der Waals surface area contributed by atoms with Crippen LogP contribution >= 0.6 is 34.8 Å². The average Bonchev–Trinajstić information content (AvgIpc) is 3.04. The van der Waals surface area contributed by atoms with Crippen LogP contribution in [0.4, 0.5) is 5.82 Å². The molecule has 26 heavy (non-hydrogen) atoms. The zero-order valence-electron chi connectivity index (χ0n) is 13.4. The van der Waals surface area contributed by atoms with E-state index in [1.165, 1.54) is 0 Å². The number of benzene rings is 2. The van der Waals surface area contributed by atoms with E-state index < -0.39 is 5.91 Å². The molecule has 134 valence electrons. The van der Waals surface area contributed by atoms with E-state index in [2.05, 4.69) is 20.7 Å². The molecule has 6 nitrogen and oxygen atoms in total. The Morgan fingerprint density at radius 3 is 2.27 bits per heavy atom. The molecule has 1 amide bonds. The van der Waals surface area contributed by atoms with E-state index in [-0.39, 0.29) is 18.1 Å². The van der Waals surface area contributed by atoms with E-state index in [0.717, 1.165) is 16.7 Å². The number of nitrogens with one attached hydrogen (secondary N) is 2. The summed E-state index contributed by atoms with van der Waals surface area (Å²) in [5.41, 5.74) is 8.20. The first-order valence-electron chi connectivity index (χ1n) is 7.59. The van der Waals surface area contributed by atoms with Crippen molar-refractivity contribution in [2.45, 2.75) is 13.0 Å². The quantitative estimate of drug-likeness (QED) is 0.595. The molecule has 0 bridgehead atoms. The minimum absolute atomic E-state index is 0.0388. The fourth-order valence-corrected chi connectivity index (χ4v) is 3.20. The van der Waals surface area contributed by atoms with E-state index in [1.54, 1.807) is 12.1 Å². The van der Waals surface area contributed by atoms with Gasteiger partial charge in [0.05, 0.1) is 0 Å². The van der Waals surface area contributed by atoms with Crippen molar-refractivity contribution in [3.63, 3.8) is 0 Å². The van der Waals surface area contributed by atoms with Gasteiger partial charge in [0.15, 0.2) is 11.5 Å². The molecule has 0 saturated heterocycles. The molecule has 4 N–H and O–H groups in total. The van der Waals surface area contributed by atoms with Gasteiger partial charge in [0.25, 0.3) is 5.91 Å². The number of carbonyl (C=O) groups is 1. The number of nitrogens with zero attached hydrogens (tertiary/aromatic N) is 2. The molecule has 0 aliphatic heterocycles. The number of hydrogen-bond acceptors (Lipinski definition) is 4. The normalized spacial score (nSPS) is 10.7. The van der Waals surface area contributed by atoms with Crippen LogP contribution in [0.1, 0.15) is 27.2 Å². The van der Waals surface area contributed by atoms with Crippen molar-refractivity contribution in [1.29, 1.82) is 0 Å². The van der Waals surface area contributed by atoms with Gasteiger partial charge < -0.3 is 11.1 Å². The number of nitrogen functional groups attached to an aromatic ring is 1.